The van der Waals surface area contributed by atoms with E-state index in [1.54, 1.807) is 28.8 Å². The first-order valence-corrected chi connectivity index (χ1v) is 9.73. The van der Waals surface area contributed by atoms with E-state index in [9.17, 15) is 13.6 Å². The van der Waals surface area contributed by atoms with Crippen LogP contribution in [0.1, 0.15) is 5.56 Å². The Hall–Kier alpha value is -2.39. The van der Waals surface area contributed by atoms with E-state index in [1.165, 1.54) is 36.3 Å². The number of rotatable bonds is 8. The molecule has 0 radical (unpaired) electrons. The molecule has 0 saturated carbocycles. The number of nitrogens with zero attached hydrogens (tertiary/aromatic N) is 2. The zero-order chi connectivity index (χ0) is 19.4. The molecule has 1 aromatic carbocycles. The lowest BCUT2D eigenvalue weighted by Crippen LogP contribution is -2.22. The lowest BCUT2D eigenvalue weighted by Gasteiger charge is -2.12. The zero-order valence-corrected chi connectivity index (χ0v) is 16.0. The van der Waals surface area contributed by atoms with Gasteiger partial charge >= 0.3 is 6.61 Å². The van der Waals surface area contributed by atoms with Crippen molar-refractivity contribution in [3.63, 3.8) is 0 Å². The topological polar surface area (TPSA) is 53.4 Å². The van der Waals surface area contributed by atoms with E-state index in [4.69, 9.17) is 4.74 Å². The van der Waals surface area contributed by atoms with Crippen molar-refractivity contribution in [2.45, 2.75) is 24.1 Å². The van der Waals surface area contributed by atoms with Crippen LogP contribution in [0.25, 0.3) is 10.2 Å². The molecule has 0 aliphatic rings. The Kier molecular flexibility index (Phi) is 6.12. The highest BCUT2D eigenvalue weighted by atomic mass is 32.2. The molecule has 0 aliphatic heterocycles. The van der Waals surface area contributed by atoms with Gasteiger partial charge in [-0.05, 0) is 29.1 Å². The van der Waals surface area contributed by atoms with Crippen LogP contribution in [0.2, 0.25) is 0 Å². The molecule has 9 heteroatoms. The molecular weight excluding hydrogens is 394 g/mol. The van der Waals surface area contributed by atoms with E-state index < -0.39 is 6.61 Å². The van der Waals surface area contributed by atoms with Crippen molar-refractivity contribution in [3.05, 3.63) is 58.2 Å². The van der Waals surface area contributed by atoms with Gasteiger partial charge in [0.05, 0.1) is 12.5 Å². The highest BCUT2D eigenvalue weighted by Crippen LogP contribution is 2.32. The summed E-state index contributed by atoms with van der Waals surface area (Å²) in [4.78, 5) is 17.9. The van der Waals surface area contributed by atoms with Crippen LogP contribution < -0.4 is 15.0 Å². The number of allylic oxidation sites excluding steroid dienone is 1. The zero-order valence-electron chi connectivity index (χ0n) is 14.4. The average molecular weight is 410 g/mol. The number of alkyl halides is 2. The average Bonchev–Trinajstić information content (AvgIpc) is 3.12. The van der Waals surface area contributed by atoms with Gasteiger partial charge in [-0.2, -0.15) is 8.78 Å². The standard InChI is InChI=1S/C18H16F2N2O3S2/c1-3-7-22-16(23)12-6-8-26-15(12)21-18(22)27-10-11-4-5-13(25-17(19)20)14(9-11)24-2/h3-6,8-9,17H,1,7,10H2,2H3. The van der Waals surface area contributed by atoms with Gasteiger partial charge in [0.2, 0.25) is 0 Å². The minimum atomic E-state index is -2.92. The summed E-state index contributed by atoms with van der Waals surface area (Å²) in [6, 6.07) is 6.50. The number of benzene rings is 1. The fourth-order valence-corrected chi connectivity index (χ4v) is 4.23. The van der Waals surface area contributed by atoms with Crippen LogP contribution in [0.15, 0.2) is 52.3 Å². The number of thiophene rings is 1. The van der Waals surface area contributed by atoms with E-state index >= 15 is 0 Å². The van der Waals surface area contributed by atoms with Crippen molar-refractivity contribution < 1.29 is 18.3 Å². The van der Waals surface area contributed by atoms with Crippen LogP contribution in [-0.2, 0) is 12.3 Å². The Morgan fingerprint density at radius 3 is 2.89 bits per heavy atom. The van der Waals surface area contributed by atoms with Crippen LogP contribution in [0.5, 0.6) is 11.5 Å². The minimum absolute atomic E-state index is 0.0251. The molecule has 5 nitrogen and oxygen atoms in total. The molecular formula is C18H16F2N2O3S2. The fraction of sp³-hybridized carbons (Fsp3) is 0.222. The molecule has 2 aromatic heterocycles. The van der Waals surface area contributed by atoms with Gasteiger partial charge in [0.15, 0.2) is 16.7 Å². The number of hydrogen-bond donors (Lipinski definition) is 0. The van der Waals surface area contributed by atoms with Crippen LogP contribution in [0.4, 0.5) is 8.78 Å². The number of aromatic nitrogens is 2. The Morgan fingerprint density at radius 1 is 1.37 bits per heavy atom. The largest absolute Gasteiger partial charge is 0.493 e. The lowest BCUT2D eigenvalue weighted by atomic mass is 10.2. The molecule has 3 rings (SSSR count). The Morgan fingerprint density at radius 2 is 2.19 bits per heavy atom. The third-order valence-corrected chi connectivity index (χ3v) is 5.53. The van der Waals surface area contributed by atoms with Crippen LogP contribution in [-0.4, -0.2) is 23.3 Å². The first-order chi connectivity index (χ1) is 13.0. The second kappa shape index (κ2) is 8.53. The predicted octanol–water partition coefficient (Wildman–Crippen LogP) is 4.55. The summed E-state index contributed by atoms with van der Waals surface area (Å²) in [5.41, 5.74) is 0.714. The SMILES string of the molecule is C=CCn1c(SCc2ccc(OC(F)F)c(OC)c2)nc2sccc2c1=O. The number of methoxy groups -OCH3 is 1. The second-order valence-electron chi connectivity index (χ2n) is 5.39. The molecule has 0 fully saturated rings. The normalized spacial score (nSPS) is 11.1. The summed E-state index contributed by atoms with van der Waals surface area (Å²) >= 11 is 2.78. The van der Waals surface area contributed by atoms with Gasteiger partial charge in [0.1, 0.15) is 4.83 Å². The monoisotopic (exact) mass is 410 g/mol. The summed E-state index contributed by atoms with van der Waals surface area (Å²) in [5, 5.41) is 2.99. The molecule has 0 unspecified atom stereocenters. The fourth-order valence-electron chi connectivity index (χ4n) is 2.47. The first-order valence-electron chi connectivity index (χ1n) is 7.87. The predicted molar refractivity (Wildman–Crippen MR) is 103 cm³/mol. The van der Waals surface area contributed by atoms with Gasteiger partial charge in [0, 0.05) is 12.3 Å². The molecule has 0 aliphatic carbocycles. The molecule has 0 saturated heterocycles. The number of thioether (sulfide) groups is 1. The molecule has 0 atom stereocenters. The van der Waals surface area contributed by atoms with Gasteiger partial charge in [0.25, 0.3) is 5.56 Å². The number of halogens is 2. The number of ether oxygens (including phenoxy) is 2. The summed E-state index contributed by atoms with van der Waals surface area (Å²) < 4.78 is 36.0. The highest BCUT2D eigenvalue weighted by Gasteiger charge is 2.14. The van der Waals surface area contributed by atoms with Crippen molar-refractivity contribution in [2.75, 3.05) is 7.11 Å². The first kappa shape index (κ1) is 19.4. The Balaban J connectivity index is 1.87. The summed E-state index contributed by atoms with van der Waals surface area (Å²) in [6.07, 6.45) is 1.64. The van der Waals surface area contributed by atoms with E-state index in [0.29, 0.717) is 27.7 Å². The molecule has 0 N–H and O–H groups in total. The molecule has 0 bridgehead atoms. The second-order valence-corrected chi connectivity index (χ2v) is 7.23. The minimum Gasteiger partial charge on any atom is -0.493 e. The molecule has 2 heterocycles. The van der Waals surface area contributed by atoms with Crippen LogP contribution in [0, 0.1) is 0 Å². The third kappa shape index (κ3) is 4.30. The third-order valence-electron chi connectivity index (χ3n) is 3.67. The maximum Gasteiger partial charge on any atom is 0.387 e. The van der Waals surface area contributed by atoms with Gasteiger partial charge in [-0.25, -0.2) is 4.98 Å². The Bertz CT molecular complexity index is 1020. The van der Waals surface area contributed by atoms with Crippen molar-refractivity contribution in [1.29, 1.82) is 0 Å². The number of fused-ring (bicyclic) bond motifs is 1. The lowest BCUT2D eigenvalue weighted by molar-refractivity contribution is -0.0512. The molecule has 142 valence electrons. The van der Waals surface area contributed by atoms with Crippen molar-refractivity contribution >= 4 is 33.3 Å². The smallest absolute Gasteiger partial charge is 0.387 e. The van der Waals surface area contributed by atoms with Crippen molar-refractivity contribution in [3.8, 4) is 11.5 Å². The summed E-state index contributed by atoms with van der Waals surface area (Å²) in [7, 11) is 1.39. The van der Waals surface area contributed by atoms with Gasteiger partial charge in [-0.15, -0.1) is 17.9 Å². The maximum atomic E-state index is 12.6. The van der Waals surface area contributed by atoms with E-state index in [2.05, 4.69) is 16.3 Å². The maximum absolute atomic E-state index is 12.6. The molecule has 0 spiro atoms. The van der Waals surface area contributed by atoms with Gasteiger partial charge < -0.3 is 9.47 Å². The van der Waals surface area contributed by atoms with Crippen LogP contribution in [0.3, 0.4) is 0 Å². The van der Waals surface area contributed by atoms with E-state index in [0.717, 1.165) is 5.56 Å². The van der Waals surface area contributed by atoms with Gasteiger partial charge in [-0.1, -0.05) is 23.9 Å². The van der Waals surface area contributed by atoms with E-state index in [-0.39, 0.29) is 17.1 Å². The quantitative estimate of drug-likeness (QED) is 0.310. The summed E-state index contributed by atoms with van der Waals surface area (Å²) in [6.45, 7) is 1.12. The van der Waals surface area contributed by atoms with E-state index in [1.807, 2.05) is 5.38 Å². The number of hydrogen-bond acceptors (Lipinski definition) is 6. The Labute approximate surface area is 162 Å². The summed E-state index contributed by atoms with van der Waals surface area (Å²) in [5.74, 6) is 0.674. The molecule has 3 aromatic rings. The highest BCUT2D eigenvalue weighted by molar-refractivity contribution is 7.98. The van der Waals surface area contributed by atoms with Crippen LogP contribution >= 0.6 is 23.1 Å². The molecule has 0 amide bonds. The van der Waals surface area contributed by atoms with Crippen molar-refractivity contribution in [2.24, 2.45) is 0 Å². The van der Waals surface area contributed by atoms with Crippen molar-refractivity contribution in [1.82, 2.24) is 9.55 Å². The van der Waals surface area contributed by atoms with Gasteiger partial charge in [-0.3, -0.25) is 9.36 Å². The molecule has 27 heavy (non-hydrogen) atoms.